The number of nitrogens with zero attached hydrogens (tertiary/aromatic N) is 2. The zero-order chi connectivity index (χ0) is 14.5. The third-order valence-electron chi connectivity index (χ3n) is 3.84. The molecular formula is C15H20N4O. The van der Waals surface area contributed by atoms with E-state index in [-0.39, 0.29) is 12.1 Å². The predicted octanol–water partition coefficient (Wildman–Crippen LogP) is 2.15. The smallest absolute Gasteiger partial charge is 0.321 e. The van der Waals surface area contributed by atoms with Gasteiger partial charge in [0.25, 0.3) is 0 Å². The van der Waals surface area contributed by atoms with Gasteiger partial charge in [-0.15, -0.1) is 0 Å². The van der Waals surface area contributed by atoms with Crippen LogP contribution in [0.1, 0.15) is 25.3 Å². The van der Waals surface area contributed by atoms with E-state index in [1.165, 1.54) is 0 Å². The highest BCUT2D eigenvalue weighted by Gasteiger charge is 2.24. The van der Waals surface area contributed by atoms with Crippen LogP contribution < -0.4 is 11.1 Å². The Bertz CT molecular complexity index is 496. The average molecular weight is 272 g/mol. The lowest BCUT2D eigenvalue weighted by Gasteiger charge is -2.33. The van der Waals surface area contributed by atoms with E-state index in [1.54, 1.807) is 24.3 Å². The van der Waals surface area contributed by atoms with Crippen molar-refractivity contribution in [2.24, 2.45) is 11.7 Å². The van der Waals surface area contributed by atoms with Crippen molar-refractivity contribution in [2.75, 3.05) is 18.4 Å². The van der Waals surface area contributed by atoms with Crippen LogP contribution in [0.4, 0.5) is 10.5 Å². The van der Waals surface area contributed by atoms with Crippen LogP contribution in [-0.2, 0) is 0 Å². The number of carbonyl (C=O) groups is 1. The number of nitrogens with one attached hydrogen (secondary N) is 1. The molecule has 2 amide bonds. The van der Waals surface area contributed by atoms with Crippen LogP contribution in [0.15, 0.2) is 24.3 Å². The number of rotatable bonds is 2. The van der Waals surface area contributed by atoms with E-state index in [2.05, 4.69) is 11.4 Å². The summed E-state index contributed by atoms with van der Waals surface area (Å²) in [4.78, 5) is 13.9. The van der Waals surface area contributed by atoms with Gasteiger partial charge < -0.3 is 16.0 Å². The molecule has 1 atom stereocenters. The van der Waals surface area contributed by atoms with E-state index < -0.39 is 0 Å². The molecule has 0 spiro atoms. The summed E-state index contributed by atoms with van der Waals surface area (Å²) in [6, 6.07) is 9.03. The Morgan fingerprint density at radius 2 is 2.00 bits per heavy atom. The van der Waals surface area contributed by atoms with Crippen molar-refractivity contribution in [3.8, 4) is 6.07 Å². The molecule has 0 saturated carbocycles. The maximum absolute atomic E-state index is 12.1. The lowest BCUT2D eigenvalue weighted by molar-refractivity contribution is 0.176. The Labute approximate surface area is 119 Å². The van der Waals surface area contributed by atoms with Gasteiger partial charge in [0.05, 0.1) is 11.6 Å². The highest BCUT2D eigenvalue weighted by atomic mass is 16.2. The number of likely N-dealkylation sites (tertiary alicyclic amines) is 1. The van der Waals surface area contributed by atoms with E-state index in [4.69, 9.17) is 11.0 Å². The molecule has 1 aliphatic rings. The number of hydrogen-bond acceptors (Lipinski definition) is 3. The van der Waals surface area contributed by atoms with Crippen molar-refractivity contribution in [1.29, 1.82) is 5.26 Å². The first-order valence-electron chi connectivity index (χ1n) is 6.92. The Kier molecular flexibility index (Phi) is 4.59. The quantitative estimate of drug-likeness (QED) is 0.865. The van der Waals surface area contributed by atoms with Crippen molar-refractivity contribution < 1.29 is 4.79 Å². The fraction of sp³-hybridized carbons (Fsp3) is 0.467. The molecule has 5 nitrogen and oxygen atoms in total. The molecule has 1 saturated heterocycles. The zero-order valence-electron chi connectivity index (χ0n) is 11.7. The molecule has 3 N–H and O–H groups in total. The largest absolute Gasteiger partial charge is 0.328 e. The Morgan fingerprint density at radius 3 is 2.50 bits per heavy atom. The molecule has 5 heteroatoms. The average Bonchev–Trinajstić information content (AvgIpc) is 2.48. The molecule has 1 fully saturated rings. The van der Waals surface area contributed by atoms with Crippen molar-refractivity contribution in [2.45, 2.75) is 25.8 Å². The van der Waals surface area contributed by atoms with E-state index >= 15 is 0 Å². The van der Waals surface area contributed by atoms with Crippen LogP contribution in [0.2, 0.25) is 0 Å². The van der Waals surface area contributed by atoms with E-state index in [1.807, 2.05) is 11.8 Å². The molecule has 1 aromatic carbocycles. The van der Waals surface area contributed by atoms with Gasteiger partial charge in [-0.2, -0.15) is 5.26 Å². The summed E-state index contributed by atoms with van der Waals surface area (Å²) in [6.45, 7) is 3.51. The molecule has 0 aromatic heterocycles. The number of nitriles is 1. The van der Waals surface area contributed by atoms with E-state index in [0.29, 0.717) is 17.2 Å². The topological polar surface area (TPSA) is 82.2 Å². The summed E-state index contributed by atoms with van der Waals surface area (Å²) in [5.41, 5.74) is 7.19. The number of nitrogens with two attached hydrogens (primary N) is 1. The van der Waals surface area contributed by atoms with Crippen molar-refractivity contribution in [3.05, 3.63) is 29.8 Å². The first kappa shape index (κ1) is 14.4. The first-order chi connectivity index (χ1) is 9.60. The highest BCUT2D eigenvalue weighted by Crippen LogP contribution is 2.20. The van der Waals surface area contributed by atoms with E-state index in [9.17, 15) is 4.79 Å². The molecule has 1 heterocycles. The predicted molar refractivity (Wildman–Crippen MR) is 78.1 cm³/mol. The summed E-state index contributed by atoms with van der Waals surface area (Å²) >= 11 is 0. The van der Waals surface area contributed by atoms with Crippen LogP contribution in [0.5, 0.6) is 0 Å². The van der Waals surface area contributed by atoms with Crippen LogP contribution in [-0.4, -0.2) is 30.1 Å². The molecule has 106 valence electrons. The Hall–Kier alpha value is -2.06. The minimum atomic E-state index is -0.0853. The minimum Gasteiger partial charge on any atom is -0.328 e. The number of carbonyl (C=O) groups excluding carboxylic acids is 1. The third-order valence-corrected chi connectivity index (χ3v) is 3.84. The minimum absolute atomic E-state index is 0.0853. The maximum Gasteiger partial charge on any atom is 0.321 e. The van der Waals surface area contributed by atoms with Gasteiger partial charge in [0.2, 0.25) is 0 Å². The number of anilines is 1. The number of benzene rings is 1. The van der Waals surface area contributed by atoms with Gasteiger partial charge in [0.1, 0.15) is 0 Å². The molecule has 0 radical (unpaired) electrons. The number of hydrogen-bond donors (Lipinski definition) is 2. The summed E-state index contributed by atoms with van der Waals surface area (Å²) < 4.78 is 0. The molecule has 20 heavy (non-hydrogen) atoms. The lowest BCUT2D eigenvalue weighted by atomic mass is 9.91. The van der Waals surface area contributed by atoms with Gasteiger partial charge in [-0.3, -0.25) is 0 Å². The third kappa shape index (κ3) is 3.49. The van der Waals surface area contributed by atoms with Crippen LogP contribution in [0.3, 0.4) is 0 Å². The molecule has 1 aromatic rings. The number of piperidine rings is 1. The van der Waals surface area contributed by atoms with Crippen molar-refractivity contribution >= 4 is 11.7 Å². The molecule has 0 aliphatic carbocycles. The second-order valence-electron chi connectivity index (χ2n) is 5.30. The summed E-state index contributed by atoms with van der Waals surface area (Å²) in [5, 5.41) is 11.6. The van der Waals surface area contributed by atoms with Crippen LogP contribution in [0.25, 0.3) is 0 Å². The number of urea groups is 1. The molecule has 1 unspecified atom stereocenters. The fourth-order valence-corrected chi connectivity index (χ4v) is 2.46. The van der Waals surface area contributed by atoms with E-state index in [0.717, 1.165) is 25.9 Å². The fourth-order valence-electron chi connectivity index (χ4n) is 2.46. The van der Waals surface area contributed by atoms with Gasteiger partial charge in [-0.25, -0.2) is 4.79 Å². The van der Waals surface area contributed by atoms with Gasteiger partial charge in [0, 0.05) is 24.8 Å². The molecule has 0 bridgehead atoms. The highest BCUT2D eigenvalue weighted by molar-refractivity contribution is 5.89. The van der Waals surface area contributed by atoms with Crippen LogP contribution in [0, 0.1) is 17.2 Å². The maximum atomic E-state index is 12.1. The number of amides is 2. The second kappa shape index (κ2) is 6.40. The summed E-state index contributed by atoms with van der Waals surface area (Å²) in [6.07, 6.45) is 1.91. The summed E-state index contributed by atoms with van der Waals surface area (Å²) in [5.74, 6) is 0.508. The van der Waals surface area contributed by atoms with Gasteiger partial charge in [-0.1, -0.05) is 0 Å². The van der Waals surface area contributed by atoms with Gasteiger partial charge in [0.15, 0.2) is 0 Å². The van der Waals surface area contributed by atoms with Gasteiger partial charge >= 0.3 is 6.03 Å². The molecule has 1 aliphatic heterocycles. The Balaban J connectivity index is 1.88. The normalized spacial score (nSPS) is 17.4. The Morgan fingerprint density at radius 1 is 1.40 bits per heavy atom. The monoisotopic (exact) mass is 272 g/mol. The second-order valence-corrected chi connectivity index (χ2v) is 5.30. The SMILES string of the molecule is CC(N)C1CCN(C(=O)Nc2ccc(C#N)cc2)CC1. The summed E-state index contributed by atoms with van der Waals surface area (Å²) in [7, 11) is 0. The van der Waals surface area contributed by atoms with Crippen molar-refractivity contribution in [1.82, 2.24) is 4.90 Å². The molecular weight excluding hydrogens is 252 g/mol. The standard InChI is InChI=1S/C15H20N4O/c1-11(17)13-6-8-19(9-7-13)15(20)18-14-4-2-12(10-16)3-5-14/h2-5,11,13H,6-9,17H2,1H3,(H,18,20). The molecule has 2 rings (SSSR count). The van der Waals surface area contributed by atoms with Crippen molar-refractivity contribution in [3.63, 3.8) is 0 Å². The first-order valence-corrected chi connectivity index (χ1v) is 6.92. The van der Waals surface area contributed by atoms with Gasteiger partial charge in [-0.05, 0) is 49.9 Å². The van der Waals surface area contributed by atoms with Crippen LogP contribution >= 0.6 is 0 Å². The zero-order valence-corrected chi connectivity index (χ0v) is 11.7. The lowest BCUT2D eigenvalue weighted by Crippen LogP contribution is -2.44.